The summed E-state index contributed by atoms with van der Waals surface area (Å²) in [5.41, 5.74) is 2.33. The molecular weight excluding hydrogens is 262 g/mol. The summed E-state index contributed by atoms with van der Waals surface area (Å²) in [4.78, 5) is 4.70. The Bertz CT molecular complexity index is 655. The minimum Gasteiger partial charge on any atom is -0.306 e. The number of imidazole rings is 1. The first-order chi connectivity index (χ1) is 8.12. The van der Waals surface area contributed by atoms with Gasteiger partial charge in [0.25, 0.3) is 10.0 Å². The topological polar surface area (TPSA) is 102 Å². The summed E-state index contributed by atoms with van der Waals surface area (Å²) in [5, 5.41) is 1.85. The number of rotatable bonds is 4. The van der Waals surface area contributed by atoms with Crippen LogP contribution in [0, 0.1) is 0 Å². The lowest BCUT2D eigenvalue weighted by Crippen LogP contribution is -2.28. The molecule has 1 saturated carbocycles. The molecule has 4 N–H and O–H groups in total. The van der Waals surface area contributed by atoms with E-state index in [9.17, 15) is 8.42 Å². The van der Waals surface area contributed by atoms with Crippen LogP contribution in [0.4, 0.5) is 5.82 Å². The summed E-state index contributed by atoms with van der Waals surface area (Å²) in [6.07, 6.45) is 3.43. The van der Waals surface area contributed by atoms with Gasteiger partial charge in [-0.1, -0.05) is 0 Å². The van der Waals surface area contributed by atoms with Crippen LogP contribution in [-0.2, 0) is 10.0 Å². The van der Waals surface area contributed by atoms with Crippen LogP contribution in [0.2, 0.25) is 0 Å². The number of fused-ring (bicyclic) bond motifs is 1. The van der Waals surface area contributed by atoms with Gasteiger partial charge in [0.1, 0.15) is 0 Å². The van der Waals surface area contributed by atoms with E-state index in [0.29, 0.717) is 4.96 Å². The molecule has 7 nitrogen and oxygen atoms in total. The Morgan fingerprint density at radius 1 is 1.53 bits per heavy atom. The number of nitrogens with two attached hydrogens (primary N) is 1. The van der Waals surface area contributed by atoms with Gasteiger partial charge in [-0.2, -0.15) is 4.98 Å². The van der Waals surface area contributed by atoms with Gasteiger partial charge in [0, 0.05) is 17.6 Å². The number of hydrogen-bond donors (Lipinski definition) is 3. The number of thiazole rings is 1. The van der Waals surface area contributed by atoms with Crippen LogP contribution >= 0.6 is 11.3 Å². The van der Waals surface area contributed by atoms with E-state index in [4.69, 9.17) is 5.84 Å². The summed E-state index contributed by atoms with van der Waals surface area (Å²) in [6, 6.07) is 0.0508. The molecule has 1 aliphatic rings. The molecule has 0 saturated heterocycles. The van der Waals surface area contributed by atoms with Crippen molar-refractivity contribution in [3.8, 4) is 0 Å². The molecule has 3 rings (SSSR count). The predicted octanol–water partition coefficient (Wildman–Crippen LogP) is 0.122. The van der Waals surface area contributed by atoms with Crippen molar-refractivity contribution < 1.29 is 8.42 Å². The Morgan fingerprint density at radius 3 is 2.94 bits per heavy atom. The zero-order chi connectivity index (χ0) is 12.0. The molecule has 2 aromatic rings. The Balaban J connectivity index is 2.16. The van der Waals surface area contributed by atoms with E-state index < -0.39 is 10.0 Å². The van der Waals surface area contributed by atoms with Crippen molar-refractivity contribution in [2.24, 2.45) is 5.84 Å². The van der Waals surface area contributed by atoms with Crippen LogP contribution in [0.25, 0.3) is 4.96 Å². The van der Waals surface area contributed by atoms with Crippen molar-refractivity contribution in [1.29, 1.82) is 0 Å². The number of hydrogen-bond acceptors (Lipinski definition) is 6. The molecule has 2 heterocycles. The lowest BCUT2D eigenvalue weighted by atomic mass is 10.7. The van der Waals surface area contributed by atoms with E-state index in [1.54, 1.807) is 11.6 Å². The van der Waals surface area contributed by atoms with E-state index in [0.717, 1.165) is 12.8 Å². The Labute approximate surface area is 102 Å². The van der Waals surface area contributed by atoms with Crippen LogP contribution in [0.15, 0.2) is 16.6 Å². The molecule has 0 aromatic carbocycles. The molecule has 1 fully saturated rings. The first-order valence-corrected chi connectivity index (χ1v) is 7.42. The van der Waals surface area contributed by atoms with Crippen molar-refractivity contribution >= 4 is 32.1 Å². The Hall–Kier alpha value is -1.16. The molecule has 0 radical (unpaired) electrons. The molecule has 0 unspecified atom stereocenters. The standard InChI is InChI=1S/C8H11N5O2S2/c9-11-6-7(13-3-4-16-8(13)10-6)17(14,15)12-5-1-2-5/h3-5,11-12H,1-2,9H2. The SMILES string of the molecule is NNc1nc2sccn2c1S(=O)(=O)NC1CC1. The van der Waals surface area contributed by atoms with Crippen LogP contribution in [-0.4, -0.2) is 23.8 Å². The average molecular weight is 273 g/mol. The van der Waals surface area contributed by atoms with Gasteiger partial charge in [0.2, 0.25) is 5.03 Å². The molecule has 2 aromatic heterocycles. The second-order valence-corrected chi connectivity index (χ2v) is 6.36. The van der Waals surface area contributed by atoms with Gasteiger partial charge in [-0.25, -0.2) is 19.0 Å². The highest BCUT2D eigenvalue weighted by molar-refractivity contribution is 7.89. The maximum atomic E-state index is 12.2. The fourth-order valence-corrected chi connectivity index (χ4v) is 3.92. The number of nitrogens with one attached hydrogen (secondary N) is 2. The molecule has 17 heavy (non-hydrogen) atoms. The summed E-state index contributed by atoms with van der Waals surface area (Å²) < 4.78 is 28.5. The van der Waals surface area contributed by atoms with Gasteiger partial charge in [0.05, 0.1) is 0 Å². The normalized spacial score (nSPS) is 16.5. The third-order valence-corrected chi connectivity index (χ3v) is 4.81. The van der Waals surface area contributed by atoms with Gasteiger partial charge < -0.3 is 5.43 Å². The third-order valence-electron chi connectivity index (χ3n) is 2.51. The average Bonchev–Trinajstić information content (AvgIpc) is 2.83. The van der Waals surface area contributed by atoms with Gasteiger partial charge in [-0.3, -0.25) is 4.40 Å². The highest BCUT2D eigenvalue weighted by atomic mass is 32.2. The van der Waals surface area contributed by atoms with E-state index in [-0.39, 0.29) is 16.9 Å². The number of nitrogens with zero attached hydrogens (tertiary/aromatic N) is 2. The second kappa shape index (κ2) is 3.67. The van der Waals surface area contributed by atoms with E-state index in [2.05, 4.69) is 15.1 Å². The molecule has 0 bridgehead atoms. The van der Waals surface area contributed by atoms with Crippen LogP contribution in [0.5, 0.6) is 0 Å². The quantitative estimate of drug-likeness (QED) is 0.542. The molecule has 0 spiro atoms. The van der Waals surface area contributed by atoms with Gasteiger partial charge >= 0.3 is 0 Å². The smallest absolute Gasteiger partial charge is 0.260 e. The highest BCUT2D eigenvalue weighted by Gasteiger charge is 2.32. The van der Waals surface area contributed by atoms with Gasteiger partial charge in [-0.15, -0.1) is 11.3 Å². The minimum absolute atomic E-state index is 0.0508. The number of hydrazine groups is 1. The van der Waals surface area contributed by atoms with Crippen molar-refractivity contribution in [2.45, 2.75) is 23.9 Å². The predicted molar refractivity (Wildman–Crippen MR) is 64.2 cm³/mol. The van der Waals surface area contributed by atoms with E-state index >= 15 is 0 Å². The molecule has 0 aliphatic heterocycles. The Kier molecular flexibility index (Phi) is 2.36. The minimum atomic E-state index is -3.58. The maximum absolute atomic E-state index is 12.2. The summed E-state index contributed by atoms with van der Waals surface area (Å²) in [7, 11) is -3.58. The number of aromatic nitrogens is 2. The van der Waals surface area contributed by atoms with Gasteiger partial charge in [-0.05, 0) is 12.8 Å². The first kappa shape index (κ1) is 11.0. The molecule has 0 amide bonds. The summed E-state index contributed by atoms with van der Waals surface area (Å²) >= 11 is 1.35. The van der Waals surface area contributed by atoms with Crippen molar-refractivity contribution in [3.05, 3.63) is 11.6 Å². The van der Waals surface area contributed by atoms with E-state index in [1.165, 1.54) is 15.7 Å². The largest absolute Gasteiger partial charge is 0.306 e. The van der Waals surface area contributed by atoms with Crippen LogP contribution < -0.4 is 16.0 Å². The van der Waals surface area contributed by atoms with Crippen LogP contribution in [0.3, 0.4) is 0 Å². The molecular formula is C8H11N5O2S2. The first-order valence-electron chi connectivity index (χ1n) is 5.06. The third kappa shape index (κ3) is 1.80. The number of anilines is 1. The summed E-state index contributed by atoms with van der Waals surface area (Å²) in [5.74, 6) is 5.47. The monoisotopic (exact) mass is 273 g/mol. The van der Waals surface area contributed by atoms with Gasteiger partial charge in [0.15, 0.2) is 10.8 Å². The van der Waals surface area contributed by atoms with Crippen molar-refractivity contribution in [1.82, 2.24) is 14.1 Å². The highest BCUT2D eigenvalue weighted by Crippen LogP contribution is 2.27. The second-order valence-electron chi connectivity index (χ2n) is 3.86. The number of nitrogen functional groups attached to an aromatic ring is 1. The molecule has 1 aliphatic carbocycles. The van der Waals surface area contributed by atoms with E-state index in [1.807, 2.05) is 0 Å². The maximum Gasteiger partial charge on any atom is 0.260 e. The number of sulfonamides is 1. The van der Waals surface area contributed by atoms with Crippen LogP contribution in [0.1, 0.15) is 12.8 Å². The molecule has 0 atom stereocenters. The molecule has 92 valence electrons. The lowest BCUT2D eigenvalue weighted by molar-refractivity contribution is 0.576. The fourth-order valence-electron chi connectivity index (χ4n) is 1.59. The fraction of sp³-hybridized carbons (Fsp3) is 0.375. The van der Waals surface area contributed by atoms with Crippen molar-refractivity contribution in [2.75, 3.05) is 5.43 Å². The zero-order valence-corrected chi connectivity index (χ0v) is 10.4. The zero-order valence-electron chi connectivity index (χ0n) is 8.75. The summed E-state index contributed by atoms with van der Waals surface area (Å²) in [6.45, 7) is 0. The Morgan fingerprint density at radius 2 is 2.29 bits per heavy atom. The lowest BCUT2D eigenvalue weighted by Gasteiger charge is -2.05. The molecule has 9 heteroatoms. The van der Waals surface area contributed by atoms with Crippen molar-refractivity contribution in [3.63, 3.8) is 0 Å².